The van der Waals surface area contributed by atoms with Gasteiger partial charge < -0.3 is 24.9 Å². The number of ether oxygens (including phenoxy) is 2. The zero-order valence-electron chi connectivity index (χ0n) is 31.9. The molecule has 0 aromatic rings. The van der Waals surface area contributed by atoms with Crippen molar-refractivity contribution in [3.63, 3.8) is 0 Å². The van der Waals surface area contributed by atoms with Crippen LogP contribution in [-0.4, -0.2) is 62.7 Å². The molecule has 0 unspecified atom stereocenters. The van der Waals surface area contributed by atoms with Crippen molar-refractivity contribution in [2.24, 2.45) is 61.9 Å². The molecular weight excluding hydrogens is 584 g/mol. The summed E-state index contributed by atoms with van der Waals surface area (Å²) in [7, 11) is 4.03. The first-order chi connectivity index (χ1) is 21.8. The lowest BCUT2D eigenvalue weighted by Gasteiger charge is -2.74. The lowest BCUT2D eigenvalue weighted by molar-refractivity contribution is -0.254. The van der Waals surface area contributed by atoms with Gasteiger partial charge in [0.25, 0.3) is 0 Å². The van der Waals surface area contributed by atoms with Crippen LogP contribution in [0.1, 0.15) is 132 Å². The van der Waals surface area contributed by atoms with E-state index in [9.17, 15) is 9.59 Å². The Hall–Kier alpha value is -1.24. The van der Waals surface area contributed by atoms with Crippen LogP contribution in [0.2, 0.25) is 0 Å². The van der Waals surface area contributed by atoms with E-state index in [-0.39, 0.29) is 51.1 Å². The zero-order valence-corrected chi connectivity index (χ0v) is 31.9. The average Bonchev–Trinajstić information content (AvgIpc) is 3.29. The van der Waals surface area contributed by atoms with E-state index in [0.717, 1.165) is 38.8 Å². The monoisotopic (exact) mass is 655 g/mol. The summed E-state index contributed by atoms with van der Waals surface area (Å²) in [4.78, 5) is 27.0. The van der Waals surface area contributed by atoms with Crippen LogP contribution >= 0.6 is 0 Å². The number of hydrogen-bond donors (Lipinski definition) is 1. The molecule has 10 atom stereocenters. The molecule has 5 rings (SSSR count). The van der Waals surface area contributed by atoms with Crippen molar-refractivity contribution in [1.82, 2.24) is 4.90 Å². The fourth-order valence-electron chi connectivity index (χ4n) is 13.5. The Morgan fingerprint density at radius 1 is 0.915 bits per heavy atom. The van der Waals surface area contributed by atoms with E-state index in [0.29, 0.717) is 23.7 Å². The van der Waals surface area contributed by atoms with Gasteiger partial charge in [0, 0.05) is 30.0 Å². The Morgan fingerprint density at radius 2 is 1.57 bits per heavy atom. The van der Waals surface area contributed by atoms with Gasteiger partial charge in [-0.3, -0.25) is 4.79 Å². The van der Waals surface area contributed by atoms with E-state index >= 15 is 0 Å². The zero-order chi connectivity index (χ0) is 34.8. The van der Waals surface area contributed by atoms with Gasteiger partial charge in [-0.25, -0.2) is 0 Å². The number of nitrogens with two attached hydrogens (primary N) is 1. The van der Waals surface area contributed by atoms with E-state index in [2.05, 4.69) is 60.1 Å². The number of methoxy groups -OCH3 is 1. The van der Waals surface area contributed by atoms with E-state index in [4.69, 9.17) is 15.2 Å². The van der Waals surface area contributed by atoms with Crippen LogP contribution in [0, 0.1) is 56.2 Å². The third-order valence-corrected chi connectivity index (χ3v) is 16.3. The molecule has 6 heteroatoms. The van der Waals surface area contributed by atoms with Gasteiger partial charge >= 0.3 is 5.97 Å². The second-order valence-electron chi connectivity index (χ2n) is 19.4. The standard InChI is InChI=1S/C41H70N2O4/c1-28(2)29-14-19-40(22-23-43(10)24-25-46-11)21-20-39(9)32(41(29,40)42)13-12-31-37(7)17-16-33(47-34(45)26-35(3,4)27-44)36(5,6)30(37)15-18-38(31,39)8/h27,29-33H,1,12-26,42H2,2-11H3/t29-,30-,31+,32-,33-,37-,38+,39+,40+,41-/m0/s1. The van der Waals surface area contributed by atoms with Gasteiger partial charge in [-0.15, -0.1) is 0 Å². The van der Waals surface area contributed by atoms with Crippen molar-refractivity contribution in [3.8, 4) is 0 Å². The Balaban J connectivity index is 1.42. The molecule has 0 aromatic carbocycles. The molecule has 6 nitrogen and oxygen atoms in total. The summed E-state index contributed by atoms with van der Waals surface area (Å²) in [6, 6.07) is 0. The normalized spacial score (nSPS) is 44.1. The molecule has 5 fully saturated rings. The van der Waals surface area contributed by atoms with Crippen LogP contribution in [0.5, 0.6) is 0 Å². The van der Waals surface area contributed by atoms with Crippen molar-refractivity contribution in [1.29, 1.82) is 0 Å². The predicted octanol–water partition coefficient (Wildman–Crippen LogP) is 8.22. The van der Waals surface area contributed by atoms with Crippen LogP contribution in [0.3, 0.4) is 0 Å². The van der Waals surface area contributed by atoms with Gasteiger partial charge in [0.15, 0.2) is 0 Å². The van der Waals surface area contributed by atoms with Gasteiger partial charge in [0.05, 0.1) is 13.0 Å². The summed E-state index contributed by atoms with van der Waals surface area (Å²) in [5, 5.41) is 0. The second-order valence-corrected chi connectivity index (χ2v) is 19.4. The molecular formula is C41H70N2O4. The van der Waals surface area contributed by atoms with E-state index in [1.807, 2.05) is 13.8 Å². The first-order valence-corrected chi connectivity index (χ1v) is 19.1. The summed E-state index contributed by atoms with van der Waals surface area (Å²) >= 11 is 0. The largest absolute Gasteiger partial charge is 0.462 e. The third-order valence-electron chi connectivity index (χ3n) is 16.3. The highest BCUT2D eigenvalue weighted by molar-refractivity contribution is 5.75. The molecule has 0 spiro atoms. The molecule has 5 aliphatic carbocycles. The van der Waals surface area contributed by atoms with Crippen LogP contribution in [0.4, 0.5) is 0 Å². The molecule has 0 aliphatic heterocycles. The highest BCUT2D eigenvalue weighted by Crippen LogP contribution is 2.78. The second kappa shape index (κ2) is 12.5. The summed E-state index contributed by atoms with van der Waals surface area (Å²) in [5.74, 6) is 1.76. The maximum Gasteiger partial charge on any atom is 0.307 e. The lowest BCUT2D eigenvalue weighted by Crippen LogP contribution is -2.74. The lowest BCUT2D eigenvalue weighted by atomic mass is 9.31. The fourth-order valence-corrected chi connectivity index (χ4v) is 13.5. The van der Waals surface area contributed by atoms with Gasteiger partial charge in [-0.2, -0.15) is 0 Å². The Bertz CT molecular complexity index is 1210. The Labute approximate surface area is 287 Å². The molecule has 0 amide bonds. The molecule has 2 N–H and O–H groups in total. The summed E-state index contributed by atoms with van der Waals surface area (Å²) < 4.78 is 11.6. The minimum atomic E-state index is -0.689. The average molecular weight is 655 g/mol. The van der Waals surface area contributed by atoms with Gasteiger partial charge in [0.1, 0.15) is 12.4 Å². The highest BCUT2D eigenvalue weighted by Gasteiger charge is 2.74. The molecule has 0 aromatic heterocycles. The molecule has 268 valence electrons. The number of carbonyl (C=O) groups is 2. The number of rotatable bonds is 11. The number of fused-ring (bicyclic) bond motifs is 7. The maximum atomic E-state index is 13.0. The minimum Gasteiger partial charge on any atom is -0.462 e. The SMILES string of the molecule is C=C(C)[C@@H]1CC[C@]2(CCN(C)CCOC)CC[C@]3(C)[C@H](CC[C@@H]4[C@@]5(C)CC[C@H](OC(=O)CC(C)(C)C=O)C(C)(C)[C@@H]5CC[C@]43C)[C@@]12N. The smallest absolute Gasteiger partial charge is 0.307 e. The van der Waals surface area contributed by atoms with Crippen molar-refractivity contribution in [2.75, 3.05) is 33.9 Å². The first kappa shape index (κ1) is 37.0. The molecule has 0 saturated heterocycles. The third kappa shape index (κ3) is 5.61. The van der Waals surface area contributed by atoms with Crippen molar-refractivity contribution in [3.05, 3.63) is 12.2 Å². The minimum absolute atomic E-state index is 0.105. The molecule has 0 bridgehead atoms. The van der Waals surface area contributed by atoms with E-state index < -0.39 is 5.41 Å². The molecule has 5 aliphatic rings. The first-order valence-electron chi connectivity index (χ1n) is 19.1. The molecule has 0 heterocycles. The number of aldehydes is 1. The number of nitrogens with zero attached hydrogens (tertiary/aromatic N) is 1. The summed E-state index contributed by atoms with van der Waals surface area (Å²) in [6.45, 7) is 25.9. The Kier molecular flexibility index (Phi) is 9.86. The van der Waals surface area contributed by atoms with Gasteiger partial charge in [-0.1, -0.05) is 60.6 Å². The number of carbonyl (C=O) groups excluding carboxylic acids is 2. The van der Waals surface area contributed by atoms with E-state index in [1.165, 1.54) is 63.4 Å². The molecule has 5 saturated carbocycles. The van der Waals surface area contributed by atoms with Crippen molar-refractivity contribution in [2.45, 2.75) is 144 Å². The van der Waals surface area contributed by atoms with Crippen molar-refractivity contribution >= 4 is 12.3 Å². The summed E-state index contributed by atoms with van der Waals surface area (Å²) in [5.41, 5.74) is 9.11. The fraction of sp³-hybridized carbons (Fsp3) is 0.902. The molecule has 0 radical (unpaired) electrons. The van der Waals surface area contributed by atoms with Crippen LogP contribution in [0.25, 0.3) is 0 Å². The summed E-state index contributed by atoms with van der Waals surface area (Å²) in [6.07, 6.45) is 13.8. The predicted molar refractivity (Wildman–Crippen MR) is 191 cm³/mol. The molecule has 47 heavy (non-hydrogen) atoms. The maximum absolute atomic E-state index is 13.0. The topological polar surface area (TPSA) is 81.9 Å². The van der Waals surface area contributed by atoms with Gasteiger partial charge in [-0.05, 0) is 136 Å². The van der Waals surface area contributed by atoms with E-state index in [1.54, 1.807) is 7.11 Å². The highest BCUT2D eigenvalue weighted by atomic mass is 16.5. The number of hydrogen-bond acceptors (Lipinski definition) is 6. The Morgan fingerprint density at radius 3 is 2.21 bits per heavy atom. The quantitative estimate of drug-likeness (QED) is 0.137. The van der Waals surface area contributed by atoms with Crippen LogP contribution in [-0.2, 0) is 19.1 Å². The number of likely N-dealkylation sites (N-methyl/N-ethyl adjacent to an activating group) is 1. The van der Waals surface area contributed by atoms with Crippen LogP contribution in [0.15, 0.2) is 12.2 Å². The van der Waals surface area contributed by atoms with Crippen LogP contribution < -0.4 is 5.73 Å². The van der Waals surface area contributed by atoms with Gasteiger partial charge in [0.2, 0.25) is 0 Å². The van der Waals surface area contributed by atoms with Crippen molar-refractivity contribution < 1.29 is 19.1 Å². The number of esters is 1.